The normalized spacial score (nSPS) is 11.5. The van der Waals surface area contributed by atoms with Crippen LogP contribution in [0.3, 0.4) is 0 Å². The number of aromatic nitrogens is 2. The van der Waals surface area contributed by atoms with Gasteiger partial charge in [0.15, 0.2) is 0 Å². The highest BCUT2D eigenvalue weighted by molar-refractivity contribution is 7.89. The van der Waals surface area contributed by atoms with Gasteiger partial charge in [-0.15, -0.1) is 0 Å². The number of hydrogen-bond donors (Lipinski definition) is 2. The Bertz CT molecular complexity index is 860. The Morgan fingerprint density at radius 3 is 2.48 bits per heavy atom. The molecule has 0 bridgehead atoms. The maximum atomic E-state index is 12.5. The Morgan fingerprint density at radius 2 is 1.92 bits per heavy atom. The molecule has 1 amide bonds. The SMILES string of the molecule is CCCCn1nc(C)c(C(=O)Nc2ccc(S(=O)(=O)NC)cc2)c1Cl. The second-order valence-electron chi connectivity index (χ2n) is 5.51. The lowest BCUT2D eigenvalue weighted by molar-refractivity contribution is 0.102. The van der Waals surface area contributed by atoms with Crippen LogP contribution in [0.25, 0.3) is 0 Å². The molecule has 0 fully saturated rings. The summed E-state index contributed by atoms with van der Waals surface area (Å²) in [7, 11) is -2.17. The molecule has 2 aromatic rings. The molecule has 0 aliphatic carbocycles. The van der Waals surface area contributed by atoms with Gasteiger partial charge in [-0.25, -0.2) is 13.1 Å². The smallest absolute Gasteiger partial charge is 0.260 e. The number of nitrogens with zero attached hydrogens (tertiary/aromatic N) is 2. The van der Waals surface area contributed by atoms with E-state index in [4.69, 9.17) is 11.6 Å². The fraction of sp³-hybridized carbons (Fsp3) is 0.375. The van der Waals surface area contributed by atoms with Crippen molar-refractivity contribution in [3.63, 3.8) is 0 Å². The number of sulfonamides is 1. The Hall–Kier alpha value is -1.90. The zero-order chi connectivity index (χ0) is 18.6. The van der Waals surface area contributed by atoms with Gasteiger partial charge in [-0.3, -0.25) is 9.48 Å². The zero-order valence-electron chi connectivity index (χ0n) is 14.3. The Kier molecular flexibility index (Phi) is 6.21. The van der Waals surface area contributed by atoms with Crippen LogP contribution >= 0.6 is 11.6 Å². The topological polar surface area (TPSA) is 93.1 Å². The summed E-state index contributed by atoms with van der Waals surface area (Å²) < 4.78 is 27.3. The molecule has 0 spiro atoms. The van der Waals surface area contributed by atoms with Crippen molar-refractivity contribution in [2.75, 3.05) is 12.4 Å². The fourth-order valence-corrected chi connectivity index (χ4v) is 3.37. The molecule has 25 heavy (non-hydrogen) atoms. The van der Waals surface area contributed by atoms with Crippen LogP contribution in [0.2, 0.25) is 5.15 Å². The summed E-state index contributed by atoms with van der Waals surface area (Å²) in [5, 5.41) is 7.32. The van der Waals surface area contributed by atoms with Crippen LogP contribution in [-0.2, 0) is 16.6 Å². The molecule has 1 aromatic heterocycles. The molecule has 0 radical (unpaired) electrons. The van der Waals surface area contributed by atoms with E-state index in [0.29, 0.717) is 28.6 Å². The lowest BCUT2D eigenvalue weighted by atomic mass is 10.2. The molecule has 136 valence electrons. The number of nitrogens with one attached hydrogen (secondary N) is 2. The van der Waals surface area contributed by atoms with E-state index < -0.39 is 10.0 Å². The summed E-state index contributed by atoms with van der Waals surface area (Å²) in [6, 6.07) is 5.88. The molecule has 7 nitrogen and oxygen atoms in total. The fourth-order valence-electron chi connectivity index (χ4n) is 2.30. The molecule has 2 rings (SSSR count). The van der Waals surface area contributed by atoms with E-state index in [-0.39, 0.29) is 10.8 Å². The van der Waals surface area contributed by atoms with Gasteiger partial charge in [-0.1, -0.05) is 24.9 Å². The van der Waals surface area contributed by atoms with Crippen molar-refractivity contribution >= 4 is 33.2 Å². The summed E-state index contributed by atoms with van der Waals surface area (Å²) >= 11 is 6.28. The Morgan fingerprint density at radius 1 is 1.28 bits per heavy atom. The monoisotopic (exact) mass is 384 g/mol. The van der Waals surface area contributed by atoms with E-state index in [0.717, 1.165) is 12.8 Å². The summed E-state index contributed by atoms with van der Waals surface area (Å²) in [4.78, 5) is 12.6. The van der Waals surface area contributed by atoms with Crippen LogP contribution in [0, 0.1) is 6.92 Å². The van der Waals surface area contributed by atoms with Crippen molar-refractivity contribution in [1.82, 2.24) is 14.5 Å². The minimum Gasteiger partial charge on any atom is -0.322 e. The predicted octanol–water partition coefficient (Wildman–Crippen LogP) is 2.81. The van der Waals surface area contributed by atoms with Gasteiger partial charge in [-0.2, -0.15) is 5.10 Å². The molecule has 0 aliphatic heterocycles. The van der Waals surface area contributed by atoms with Crippen molar-refractivity contribution < 1.29 is 13.2 Å². The predicted molar refractivity (Wildman–Crippen MR) is 97.5 cm³/mol. The van der Waals surface area contributed by atoms with Gasteiger partial charge >= 0.3 is 0 Å². The van der Waals surface area contributed by atoms with Crippen molar-refractivity contribution in [3.05, 3.63) is 40.7 Å². The summed E-state index contributed by atoms with van der Waals surface area (Å²) in [5.74, 6) is -0.380. The number of unbranched alkanes of at least 4 members (excludes halogenated alkanes) is 1. The lowest BCUT2D eigenvalue weighted by Crippen LogP contribution is -2.18. The van der Waals surface area contributed by atoms with Gasteiger partial charge < -0.3 is 5.32 Å². The largest absolute Gasteiger partial charge is 0.322 e. The summed E-state index contributed by atoms with van der Waals surface area (Å²) in [6.45, 7) is 4.45. The number of aryl methyl sites for hydroxylation is 2. The molecular weight excluding hydrogens is 364 g/mol. The van der Waals surface area contributed by atoms with Crippen LogP contribution in [0.4, 0.5) is 5.69 Å². The van der Waals surface area contributed by atoms with E-state index in [9.17, 15) is 13.2 Å². The lowest BCUT2D eigenvalue weighted by Gasteiger charge is -2.07. The number of hydrogen-bond acceptors (Lipinski definition) is 4. The van der Waals surface area contributed by atoms with Gasteiger partial charge in [0.05, 0.1) is 16.2 Å². The molecule has 0 atom stereocenters. The Balaban J connectivity index is 2.19. The first kappa shape index (κ1) is 19.4. The van der Waals surface area contributed by atoms with Crippen LogP contribution < -0.4 is 10.0 Å². The molecule has 2 N–H and O–H groups in total. The summed E-state index contributed by atoms with van der Waals surface area (Å²) in [5.41, 5.74) is 1.34. The first-order chi connectivity index (χ1) is 11.8. The second-order valence-corrected chi connectivity index (χ2v) is 7.76. The maximum absolute atomic E-state index is 12.5. The van der Waals surface area contributed by atoms with Crippen molar-refractivity contribution in [2.24, 2.45) is 0 Å². The van der Waals surface area contributed by atoms with Gasteiger partial charge in [-0.05, 0) is 44.7 Å². The minimum atomic E-state index is -3.51. The average Bonchev–Trinajstić information content (AvgIpc) is 2.87. The van der Waals surface area contributed by atoms with Crippen LogP contribution in [0.15, 0.2) is 29.2 Å². The van der Waals surface area contributed by atoms with E-state index in [1.165, 1.54) is 31.3 Å². The number of rotatable bonds is 7. The Labute approximate surface area is 152 Å². The van der Waals surface area contributed by atoms with Crippen molar-refractivity contribution in [3.8, 4) is 0 Å². The number of benzene rings is 1. The standard InChI is InChI=1S/C16H21ClN4O3S/c1-4-5-10-21-15(17)14(11(2)20-21)16(22)19-12-6-8-13(9-7-12)25(23,24)18-3/h6-9,18H,4-5,10H2,1-3H3,(H,19,22). The zero-order valence-corrected chi connectivity index (χ0v) is 15.9. The van der Waals surface area contributed by atoms with Gasteiger partial charge in [0.2, 0.25) is 10.0 Å². The highest BCUT2D eigenvalue weighted by Crippen LogP contribution is 2.22. The molecule has 0 unspecified atom stereocenters. The highest BCUT2D eigenvalue weighted by atomic mass is 35.5. The molecule has 0 saturated heterocycles. The van der Waals surface area contributed by atoms with Gasteiger partial charge in [0, 0.05) is 12.2 Å². The van der Waals surface area contributed by atoms with E-state index >= 15 is 0 Å². The summed E-state index contributed by atoms with van der Waals surface area (Å²) in [6.07, 6.45) is 1.92. The first-order valence-corrected chi connectivity index (χ1v) is 9.74. The number of anilines is 1. The van der Waals surface area contributed by atoms with E-state index in [1.54, 1.807) is 11.6 Å². The van der Waals surface area contributed by atoms with Crippen molar-refractivity contribution in [2.45, 2.75) is 38.1 Å². The quantitative estimate of drug-likeness (QED) is 0.767. The molecule has 0 aliphatic rings. The average molecular weight is 385 g/mol. The number of carbonyl (C=O) groups excluding carboxylic acids is 1. The molecular formula is C16H21ClN4O3S. The van der Waals surface area contributed by atoms with Gasteiger partial charge in [0.25, 0.3) is 5.91 Å². The maximum Gasteiger partial charge on any atom is 0.260 e. The van der Waals surface area contributed by atoms with Gasteiger partial charge in [0.1, 0.15) is 5.15 Å². The third-order valence-corrected chi connectivity index (χ3v) is 5.52. The highest BCUT2D eigenvalue weighted by Gasteiger charge is 2.20. The van der Waals surface area contributed by atoms with E-state index in [2.05, 4.69) is 22.1 Å². The minimum absolute atomic E-state index is 0.120. The van der Waals surface area contributed by atoms with Crippen LogP contribution in [0.1, 0.15) is 35.8 Å². The first-order valence-electron chi connectivity index (χ1n) is 7.88. The molecule has 0 saturated carbocycles. The van der Waals surface area contributed by atoms with Crippen LogP contribution in [-0.4, -0.2) is 31.2 Å². The number of carbonyl (C=O) groups is 1. The third kappa shape index (κ3) is 4.39. The van der Waals surface area contributed by atoms with Crippen LogP contribution in [0.5, 0.6) is 0 Å². The number of halogens is 1. The second kappa shape index (κ2) is 7.99. The molecule has 1 heterocycles. The molecule has 9 heteroatoms. The third-order valence-electron chi connectivity index (χ3n) is 3.71. The van der Waals surface area contributed by atoms with Crippen molar-refractivity contribution in [1.29, 1.82) is 0 Å². The molecule has 1 aromatic carbocycles. The van der Waals surface area contributed by atoms with E-state index in [1.807, 2.05) is 0 Å². The number of amides is 1.